The summed E-state index contributed by atoms with van der Waals surface area (Å²) in [5.74, 6) is 1.04. The maximum Gasteiger partial charge on any atom is 0.229 e. The quantitative estimate of drug-likeness (QED) is 0.580. The number of halogens is 3. The van der Waals surface area contributed by atoms with Gasteiger partial charge in [-0.1, -0.05) is 23.2 Å². The number of hydrogen-bond acceptors (Lipinski definition) is 5. The monoisotopic (exact) mass is 392 g/mol. The normalized spacial score (nSPS) is 10.5. The molecule has 1 heterocycles. The second-order valence-corrected chi connectivity index (χ2v) is 6.29. The molecule has 1 aromatic heterocycles. The van der Waals surface area contributed by atoms with E-state index in [1.165, 1.54) is 12.1 Å². The molecule has 3 aromatic rings. The van der Waals surface area contributed by atoms with Gasteiger partial charge in [-0.3, -0.25) is 0 Å². The molecule has 2 N–H and O–H groups in total. The SMILES string of the molecule is COc1ccc(Cl)cc1Nc1cc(C)nc(Nc2ccc(F)c(Cl)c2)n1. The van der Waals surface area contributed by atoms with E-state index in [0.717, 1.165) is 5.69 Å². The molecule has 0 amide bonds. The lowest BCUT2D eigenvalue weighted by Gasteiger charge is -2.13. The first kappa shape index (κ1) is 18.2. The fourth-order valence-corrected chi connectivity index (χ4v) is 2.66. The molecule has 26 heavy (non-hydrogen) atoms. The molecule has 2 aromatic carbocycles. The Hall–Kier alpha value is -2.57. The summed E-state index contributed by atoms with van der Waals surface area (Å²) in [5, 5.41) is 6.76. The number of benzene rings is 2. The van der Waals surface area contributed by atoms with Crippen molar-refractivity contribution in [2.24, 2.45) is 0 Å². The van der Waals surface area contributed by atoms with Crippen molar-refractivity contribution in [3.63, 3.8) is 0 Å². The van der Waals surface area contributed by atoms with Gasteiger partial charge in [-0.05, 0) is 43.3 Å². The van der Waals surface area contributed by atoms with E-state index in [9.17, 15) is 4.39 Å². The van der Waals surface area contributed by atoms with Crippen LogP contribution in [0.15, 0.2) is 42.5 Å². The highest BCUT2D eigenvalue weighted by atomic mass is 35.5. The number of aromatic nitrogens is 2. The van der Waals surface area contributed by atoms with Gasteiger partial charge in [0.15, 0.2) is 0 Å². The Morgan fingerprint density at radius 1 is 1.00 bits per heavy atom. The van der Waals surface area contributed by atoms with Gasteiger partial charge in [0.05, 0.1) is 17.8 Å². The average molecular weight is 393 g/mol. The van der Waals surface area contributed by atoms with Gasteiger partial charge in [0.25, 0.3) is 0 Å². The minimum Gasteiger partial charge on any atom is -0.495 e. The maximum atomic E-state index is 13.3. The fraction of sp³-hybridized carbons (Fsp3) is 0.111. The molecule has 0 unspecified atom stereocenters. The van der Waals surface area contributed by atoms with Crippen LogP contribution in [0.1, 0.15) is 5.69 Å². The van der Waals surface area contributed by atoms with Crippen molar-refractivity contribution in [1.29, 1.82) is 0 Å². The highest BCUT2D eigenvalue weighted by Crippen LogP contribution is 2.30. The first-order valence-electron chi connectivity index (χ1n) is 7.63. The van der Waals surface area contributed by atoms with Crippen molar-refractivity contribution in [2.75, 3.05) is 17.7 Å². The van der Waals surface area contributed by atoms with Gasteiger partial charge in [0.2, 0.25) is 5.95 Å². The molecule has 5 nitrogen and oxygen atoms in total. The van der Waals surface area contributed by atoms with Crippen LogP contribution < -0.4 is 15.4 Å². The maximum absolute atomic E-state index is 13.3. The predicted octanol–water partition coefficient (Wildman–Crippen LogP) is 5.73. The number of nitrogens with zero attached hydrogens (tertiary/aromatic N) is 2. The molecule has 0 spiro atoms. The molecular weight excluding hydrogens is 378 g/mol. The summed E-state index contributed by atoms with van der Waals surface area (Å²) in [6.07, 6.45) is 0. The number of anilines is 4. The highest BCUT2D eigenvalue weighted by Gasteiger charge is 2.09. The molecular formula is C18H15Cl2FN4O. The summed E-state index contributed by atoms with van der Waals surface area (Å²) in [5.41, 5.74) is 1.99. The molecule has 0 aliphatic heterocycles. The van der Waals surface area contributed by atoms with E-state index < -0.39 is 5.82 Å². The van der Waals surface area contributed by atoms with Gasteiger partial charge >= 0.3 is 0 Å². The first-order valence-corrected chi connectivity index (χ1v) is 8.38. The number of nitrogens with one attached hydrogen (secondary N) is 2. The molecule has 134 valence electrons. The average Bonchev–Trinajstić information content (AvgIpc) is 2.58. The lowest BCUT2D eigenvalue weighted by Crippen LogP contribution is -2.03. The van der Waals surface area contributed by atoms with Crippen LogP contribution >= 0.6 is 23.2 Å². The molecule has 0 bridgehead atoms. The van der Waals surface area contributed by atoms with Crippen molar-refractivity contribution < 1.29 is 9.13 Å². The predicted molar refractivity (Wildman–Crippen MR) is 103 cm³/mol. The number of aryl methyl sites for hydroxylation is 1. The highest BCUT2D eigenvalue weighted by molar-refractivity contribution is 6.31. The van der Waals surface area contributed by atoms with E-state index in [2.05, 4.69) is 20.6 Å². The van der Waals surface area contributed by atoms with E-state index in [0.29, 0.717) is 33.9 Å². The van der Waals surface area contributed by atoms with Crippen molar-refractivity contribution >= 4 is 46.3 Å². The van der Waals surface area contributed by atoms with Crippen LogP contribution in [0.3, 0.4) is 0 Å². The van der Waals surface area contributed by atoms with Crippen LogP contribution in [-0.2, 0) is 0 Å². The lowest BCUT2D eigenvalue weighted by atomic mass is 10.3. The van der Waals surface area contributed by atoms with Gasteiger partial charge < -0.3 is 15.4 Å². The first-order chi connectivity index (χ1) is 12.4. The van der Waals surface area contributed by atoms with E-state index in [1.807, 2.05) is 6.92 Å². The summed E-state index contributed by atoms with van der Waals surface area (Å²) in [7, 11) is 1.57. The Kier molecular flexibility index (Phi) is 5.44. The van der Waals surface area contributed by atoms with Gasteiger partial charge in [-0.15, -0.1) is 0 Å². The van der Waals surface area contributed by atoms with Crippen molar-refractivity contribution in [3.8, 4) is 5.75 Å². The molecule has 0 radical (unpaired) electrons. The van der Waals surface area contributed by atoms with Crippen LogP contribution in [0.4, 0.5) is 27.5 Å². The zero-order valence-electron chi connectivity index (χ0n) is 14.0. The van der Waals surface area contributed by atoms with Crippen LogP contribution in [0.2, 0.25) is 10.0 Å². The van der Waals surface area contributed by atoms with E-state index in [4.69, 9.17) is 27.9 Å². The zero-order chi connectivity index (χ0) is 18.7. The second kappa shape index (κ2) is 7.76. The molecule has 0 aliphatic carbocycles. The Morgan fingerprint density at radius 3 is 2.54 bits per heavy atom. The lowest BCUT2D eigenvalue weighted by molar-refractivity contribution is 0.417. The Morgan fingerprint density at radius 2 is 1.81 bits per heavy atom. The van der Waals surface area contributed by atoms with Gasteiger partial charge in [0, 0.05) is 22.5 Å². The van der Waals surface area contributed by atoms with Gasteiger partial charge in [0.1, 0.15) is 17.4 Å². The second-order valence-electron chi connectivity index (χ2n) is 5.44. The topological polar surface area (TPSA) is 59.1 Å². The smallest absolute Gasteiger partial charge is 0.229 e. The Balaban J connectivity index is 1.88. The molecule has 0 saturated heterocycles. The number of ether oxygens (including phenoxy) is 1. The molecule has 0 atom stereocenters. The van der Waals surface area contributed by atoms with E-state index in [-0.39, 0.29) is 5.02 Å². The molecule has 0 fully saturated rings. The summed E-state index contributed by atoms with van der Waals surface area (Å²) in [6.45, 7) is 1.84. The van der Waals surface area contributed by atoms with Crippen molar-refractivity contribution in [3.05, 3.63) is 64.0 Å². The minimum atomic E-state index is -0.488. The zero-order valence-corrected chi connectivity index (χ0v) is 15.5. The third-order valence-electron chi connectivity index (χ3n) is 3.45. The number of rotatable bonds is 5. The molecule has 8 heteroatoms. The summed E-state index contributed by atoms with van der Waals surface area (Å²) in [4.78, 5) is 8.74. The molecule has 3 rings (SSSR count). The van der Waals surface area contributed by atoms with Crippen LogP contribution in [0.5, 0.6) is 5.75 Å². The standard InChI is InChI=1S/C18H15Cl2FN4O/c1-10-7-17(24-15-8-11(19)3-6-16(15)26-2)25-18(22-10)23-12-4-5-14(21)13(20)9-12/h3-9H,1-2H3,(H2,22,23,24,25). The summed E-state index contributed by atoms with van der Waals surface area (Å²) in [6, 6.07) is 11.3. The third kappa shape index (κ3) is 4.33. The van der Waals surface area contributed by atoms with Crippen molar-refractivity contribution in [2.45, 2.75) is 6.92 Å². The van der Waals surface area contributed by atoms with Gasteiger partial charge in [-0.2, -0.15) is 4.98 Å². The Labute approximate surface area is 160 Å². The van der Waals surface area contributed by atoms with Crippen LogP contribution in [0, 0.1) is 12.7 Å². The van der Waals surface area contributed by atoms with E-state index in [1.54, 1.807) is 37.4 Å². The van der Waals surface area contributed by atoms with E-state index >= 15 is 0 Å². The van der Waals surface area contributed by atoms with Crippen molar-refractivity contribution in [1.82, 2.24) is 9.97 Å². The minimum absolute atomic E-state index is 0.0182. The number of hydrogen-bond donors (Lipinski definition) is 2. The Bertz CT molecular complexity index is 952. The molecule has 0 aliphatic rings. The number of methoxy groups -OCH3 is 1. The van der Waals surface area contributed by atoms with Crippen LogP contribution in [0.25, 0.3) is 0 Å². The molecule has 0 saturated carbocycles. The fourth-order valence-electron chi connectivity index (χ4n) is 2.31. The largest absolute Gasteiger partial charge is 0.495 e. The summed E-state index contributed by atoms with van der Waals surface area (Å²) < 4.78 is 18.6. The van der Waals surface area contributed by atoms with Gasteiger partial charge in [-0.25, -0.2) is 9.37 Å². The summed E-state index contributed by atoms with van der Waals surface area (Å²) >= 11 is 11.9. The van der Waals surface area contributed by atoms with Crippen LogP contribution in [-0.4, -0.2) is 17.1 Å². The third-order valence-corrected chi connectivity index (χ3v) is 3.98.